The van der Waals surface area contributed by atoms with Gasteiger partial charge in [-0.1, -0.05) is 53.6 Å². The van der Waals surface area contributed by atoms with Gasteiger partial charge in [0.15, 0.2) is 11.8 Å². The van der Waals surface area contributed by atoms with E-state index in [9.17, 15) is 14.4 Å². The first-order valence-corrected chi connectivity index (χ1v) is 13.9. The summed E-state index contributed by atoms with van der Waals surface area (Å²) in [7, 11) is 0. The number of nitrogens with one attached hydrogen (secondary N) is 3. The molecule has 4 amide bonds. The molecule has 3 unspecified atom stereocenters. The van der Waals surface area contributed by atoms with Gasteiger partial charge in [-0.05, 0) is 64.4 Å². The van der Waals surface area contributed by atoms with Crippen LogP contribution in [0.2, 0.25) is 0 Å². The van der Waals surface area contributed by atoms with Crippen LogP contribution in [0.3, 0.4) is 0 Å². The normalized spacial score (nSPS) is 23.6. The molecule has 0 spiro atoms. The fourth-order valence-corrected chi connectivity index (χ4v) is 5.48. The number of carbonyl (C=O) groups is 3. The second-order valence-corrected chi connectivity index (χ2v) is 10.9. The van der Waals surface area contributed by atoms with Crippen molar-refractivity contribution in [2.75, 3.05) is 22.1 Å². The molecule has 0 radical (unpaired) electrons. The van der Waals surface area contributed by atoms with Gasteiger partial charge in [-0.15, -0.1) is 0 Å². The quantitative estimate of drug-likeness (QED) is 0.369. The minimum Gasteiger partial charge on any atom is -0.348 e. The SMILES string of the molecule is Cc1ccc(NC(=O)CC2(NC(=O)Nc3ccc(C)cc3)C(=O)N(CC3OC(C)CC(C)O3)c3ccccc32)cc1. The van der Waals surface area contributed by atoms with Gasteiger partial charge in [0.25, 0.3) is 5.91 Å². The predicted molar refractivity (Wildman–Crippen MR) is 158 cm³/mol. The van der Waals surface area contributed by atoms with Crippen LogP contribution in [0.1, 0.15) is 43.4 Å². The standard InChI is InChI=1S/C32H36N4O5/c1-20-9-13-24(14-10-20)33-28(37)18-32(35-31(39)34-25-15-11-21(2)12-16-25)26-7-5-6-8-27(26)36(30(32)38)19-29-40-22(3)17-23(4)41-29/h5-16,22-23,29H,17-19H2,1-4H3,(H,33,37)(H2,34,35,39). The number of urea groups is 1. The van der Waals surface area contributed by atoms with E-state index in [1.807, 2.05) is 64.1 Å². The Kier molecular flexibility index (Phi) is 8.10. The highest BCUT2D eigenvalue weighted by molar-refractivity contribution is 6.12. The summed E-state index contributed by atoms with van der Waals surface area (Å²) in [6.45, 7) is 7.98. The van der Waals surface area contributed by atoms with Crippen molar-refractivity contribution in [2.24, 2.45) is 0 Å². The molecule has 3 N–H and O–H groups in total. The maximum atomic E-state index is 14.4. The predicted octanol–water partition coefficient (Wildman–Crippen LogP) is 5.24. The number of ether oxygens (including phenoxy) is 2. The maximum Gasteiger partial charge on any atom is 0.320 e. The molecule has 1 saturated heterocycles. The van der Waals surface area contributed by atoms with Crippen LogP contribution in [-0.4, -0.2) is 42.9 Å². The number of benzene rings is 3. The van der Waals surface area contributed by atoms with Gasteiger partial charge in [-0.3, -0.25) is 9.59 Å². The number of anilines is 3. The molecule has 2 aliphatic rings. The number of hydrogen-bond donors (Lipinski definition) is 3. The molecule has 9 nitrogen and oxygen atoms in total. The van der Waals surface area contributed by atoms with E-state index in [0.717, 1.165) is 17.5 Å². The Morgan fingerprint density at radius 3 is 2.02 bits per heavy atom. The Morgan fingerprint density at radius 1 is 0.854 bits per heavy atom. The van der Waals surface area contributed by atoms with Crippen LogP contribution in [0, 0.1) is 13.8 Å². The summed E-state index contributed by atoms with van der Waals surface area (Å²) >= 11 is 0. The zero-order chi connectivity index (χ0) is 29.1. The number of rotatable bonds is 7. The van der Waals surface area contributed by atoms with Gasteiger partial charge in [-0.2, -0.15) is 0 Å². The van der Waals surface area contributed by atoms with Gasteiger partial charge in [0, 0.05) is 16.9 Å². The molecule has 5 rings (SSSR count). The van der Waals surface area contributed by atoms with E-state index in [1.54, 1.807) is 41.3 Å². The number of aryl methyl sites for hydroxylation is 2. The van der Waals surface area contributed by atoms with Crippen molar-refractivity contribution >= 4 is 34.9 Å². The zero-order valence-corrected chi connectivity index (χ0v) is 23.8. The van der Waals surface area contributed by atoms with Crippen molar-refractivity contribution in [1.29, 1.82) is 0 Å². The van der Waals surface area contributed by atoms with Crippen LogP contribution >= 0.6 is 0 Å². The molecule has 0 bridgehead atoms. The summed E-state index contributed by atoms with van der Waals surface area (Å²) in [6, 6.07) is 21.3. The highest BCUT2D eigenvalue weighted by atomic mass is 16.7. The fraction of sp³-hybridized carbons (Fsp3) is 0.344. The summed E-state index contributed by atoms with van der Waals surface area (Å²) in [5.41, 5.74) is 2.73. The minimum absolute atomic E-state index is 0.0276. The Hall–Kier alpha value is -4.21. The van der Waals surface area contributed by atoms with Gasteiger partial charge in [0.2, 0.25) is 5.91 Å². The molecule has 3 atom stereocenters. The molecular weight excluding hydrogens is 520 g/mol. The molecule has 214 valence electrons. The van der Waals surface area contributed by atoms with E-state index in [1.165, 1.54) is 0 Å². The molecule has 3 aromatic rings. The van der Waals surface area contributed by atoms with Crippen LogP contribution in [0.5, 0.6) is 0 Å². The average molecular weight is 557 g/mol. The lowest BCUT2D eigenvalue weighted by Crippen LogP contribution is -2.57. The molecule has 0 aliphatic carbocycles. The van der Waals surface area contributed by atoms with Crippen molar-refractivity contribution < 1.29 is 23.9 Å². The highest BCUT2D eigenvalue weighted by Crippen LogP contribution is 2.43. The molecule has 0 saturated carbocycles. The average Bonchev–Trinajstić information content (AvgIpc) is 3.13. The minimum atomic E-state index is -1.66. The number of carbonyl (C=O) groups excluding carboxylic acids is 3. The van der Waals surface area contributed by atoms with Gasteiger partial charge in [0.1, 0.15) is 0 Å². The number of nitrogens with zero attached hydrogens (tertiary/aromatic N) is 1. The first kappa shape index (κ1) is 28.3. The lowest BCUT2D eigenvalue weighted by Gasteiger charge is -2.35. The summed E-state index contributed by atoms with van der Waals surface area (Å²) in [4.78, 5) is 42.8. The molecule has 41 heavy (non-hydrogen) atoms. The Balaban J connectivity index is 1.47. The van der Waals surface area contributed by atoms with E-state index in [0.29, 0.717) is 22.6 Å². The van der Waals surface area contributed by atoms with E-state index in [2.05, 4.69) is 16.0 Å². The maximum absolute atomic E-state index is 14.4. The highest BCUT2D eigenvalue weighted by Gasteiger charge is 2.54. The van der Waals surface area contributed by atoms with Crippen LogP contribution in [0.25, 0.3) is 0 Å². The van der Waals surface area contributed by atoms with Crippen molar-refractivity contribution in [2.45, 2.75) is 64.6 Å². The van der Waals surface area contributed by atoms with E-state index in [4.69, 9.17) is 9.47 Å². The third kappa shape index (κ3) is 6.26. The van der Waals surface area contributed by atoms with Gasteiger partial charge in [0.05, 0.1) is 30.9 Å². The van der Waals surface area contributed by atoms with Crippen molar-refractivity contribution in [1.82, 2.24) is 5.32 Å². The second-order valence-electron chi connectivity index (χ2n) is 10.9. The van der Waals surface area contributed by atoms with Crippen LogP contribution in [0.4, 0.5) is 21.9 Å². The van der Waals surface area contributed by atoms with E-state index < -0.39 is 29.7 Å². The smallest absolute Gasteiger partial charge is 0.320 e. The Morgan fingerprint density at radius 2 is 1.41 bits per heavy atom. The molecule has 2 aliphatic heterocycles. The Labute approximate surface area is 240 Å². The molecule has 1 fully saturated rings. The molecular formula is C32H36N4O5. The largest absolute Gasteiger partial charge is 0.348 e. The monoisotopic (exact) mass is 556 g/mol. The molecule has 3 aromatic carbocycles. The van der Waals surface area contributed by atoms with Gasteiger partial charge in [-0.25, -0.2) is 4.79 Å². The summed E-state index contributed by atoms with van der Waals surface area (Å²) in [5.74, 6) is -0.850. The molecule has 2 heterocycles. The topological polar surface area (TPSA) is 109 Å². The lowest BCUT2D eigenvalue weighted by atomic mass is 9.87. The third-order valence-electron chi connectivity index (χ3n) is 7.43. The van der Waals surface area contributed by atoms with Crippen LogP contribution < -0.4 is 20.9 Å². The third-order valence-corrected chi connectivity index (χ3v) is 7.43. The fourth-order valence-electron chi connectivity index (χ4n) is 5.48. The number of fused-ring (bicyclic) bond motifs is 1. The second kappa shape index (κ2) is 11.7. The number of hydrogen-bond acceptors (Lipinski definition) is 5. The van der Waals surface area contributed by atoms with Crippen molar-refractivity contribution in [3.05, 3.63) is 89.5 Å². The van der Waals surface area contributed by atoms with Crippen molar-refractivity contribution in [3.8, 4) is 0 Å². The first-order chi connectivity index (χ1) is 19.6. The first-order valence-electron chi connectivity index (χ1n) is 13.9. The van der Waals surface area contributed by atoms with Crippen LogP contribution in [-0.2, 0) is 24.6 Å². The van der Waals surface area contributed by atoms with Crippen LogP contribution in [0.15, 0.2) is 72.8 Å². The Bertz CT molecular complexity index is 1350. The van der Waals surface area contributed by atoms with E-state index in [-0.39, 0.29) is 25.2 Å². The number of amides is 4. The summed E-state index contributed by atoms with van der Waals surface area (Å²) in [6.07, 6.45) is -0.261. The molecule has 0 aromatic heterocycles. The zero-order valence-electron chi connectivity index (χ0n) is 23.8. The van der Waals surface area contributed by atoms with E-state index >= 15 is 0 Å². The van der Waals surface area contributed by atoms with Gasteiger partial charge < -0.3 is 30.3 Å². The lowest BCUT2D eigenvalue weighted by molar-refractivity contribution is -0.228. The van der Waals surface area contributed by atoms with Gasteiger partial charge >= 0.3 is 6.03 Å². The summed E-state index contributed by atoms with van der Waals surface area (Å²) < 4.78 is 12.0. The summed E-state index contributed by atoms with van der Waals surface area (Å²) in [5, 5.41) is 8.57. The number of para-hydroxylation sites is 1. The van der Waals surface area contributed by atoms with Crippen molar-refractivity contribution in [3.63, 3.8) is 0 Å². The molecule has 9 heteroatoms.